The zero-order valence-electron chi connectivity index (χ0n) is 11.0. The fraction of sp³-hybridized carbons (Fsp3) is 1.00. The Kier molecular flexibility index (Phi) is 10.4. The highest BCUT2D eigenvalue weighted by molar-refractivity contribution is 4.67. The second-order valence-electron chi connectivity index (χ2n) is 4.51. The quantitative estimate of drug-likeness (QED) is 0.565. The van der Waals surface area contributed by atoms with E-state index in [0.29, 0.717) is 6.04 Å². The summed E-state index contributed by atoms with van der Waals surface area (Å²) < 4.78 is 5.03. The third-order valence-corrected chi connectivity index (χ3v) is 3.08. The molecule has 0 aromatic rings. The van der Waals surface area contributed by atoms with Gasteiger partial charge in [-0.25, -0.2) is 0 Å². The van der Waals surface area contributed by atoms with Crippen molar-refractivity contribution in [2.75, 3.05) is 20.3 Å². The van der Waals surface area contributed by atoms with Crippen LogP contribution in [0.25, 0.3) is 0 Å². The van der Waals surface area contributed by atoms with E-state index < -0.39 is 0 Å². The molecule has 2 unspecified atom stereocenters. The minimum absolute atomic E-state index is 0.711. The molecule has 1 N–H and O–H groups in total. The Labute approximate surface area is 95.8 Å². The third kappa shape index (κ3) is 8.88. The summed E-state index contributed by atoms with van der Waals surface area (Å²) in [4.78, 5) is 0. The molecule has 0 amide bonds. The molecule has 0 aliphatic carbocycles. The second-order valence-corrected chi connectivity index (χ2v) is 4.51. The van der Waals surface area contributed by atoms with Gasteiger partial charge in [0.15, 0.2) is 0 Å². The molecule has 0 fully saturated rings. The lowest BCUT2D eigenvalue weighted by molar-refractivity contribution is 0.192. The lowest BCUT2D eigenvalue weighted by Crippen LogP contribution is -2.31. The monoisotopic (exact) mass is 215 g/mol. The zero-order chi connectivity index (χ0) is 11.5. The van der Waals surface area contributed by atoms with Crippen LogP contribution in [0, 0.1) is 5.92 Å². The number of nitrogens with one attached hydrogen (secondary N) is 1. The Bertz CT molecular complexity index is 128. The number of ether oxygens (including phenoxy) is 1. The highest BCUT2D eigenvalue weighted by Crippen LogP contribution is 2.11. The first kappa shape index (κ1) is 14.9. The fourth-order valence-electron chi connectivity index (χ4n) is 1.72. The normalized spacial score (nSPS) is 15.2. The van der Waals surface area contributed by atoms with E-state index in [9.17, 15) is 0 Å². The number of methoxy groups -OCH3 is 1. The summed E-state index contributed by atoms with van der Waals surface area (Å²) in [5, 5.41) is 3.64. The van der Waals surface area contributed by atoms with Crippen LogP contribution in [0.3, 0.4) is 0 Å². The van der Waals surface area contributed by atoms with E-state index in [2.05, 4.69) is 26.1 Å². The Morgan fingerprint density at radius 3 is 2.40 bits per heavy atom. The summed E-state index contributed by atoms with van der Waals surface area (Å²) in [6.07, 6.45) is 6.25. The smallest absolute Gasteiger partial charge is 0.0462 e. The van der Waals surface area contributed by atoms with Crippen LogP contribution >= 0.6 is 0 Å². The molecule has 92 valence electrons. The van der Waals surface area contributed by atoms with E-state index in [4.69, 9.17) is 4.74 Å². The van der Waals surface area contributed by atoms with E-state index in [0.717, 1.165) is 19.1 Å². The van der Waals surface area contributed by atoms with Crippen molar-refractivity contribution in [2.24, 2.45) is 5.92 Å². The summed E-state index contributed by atoms with van der Waals surface area (Å²) in [6.45, 7) is 8.92. The fourth-order valence-corrected chi connectivity index (χ4v) is 1.72. The summed E-state index contributed by atoms with van der Waals surface area (Å²) in [6, 6.07) is 0.711. The molecular weight excluding hydrogens is 186 g/mol. The van der Waals surface area contributed by atoms with Crippen LogP contribution in [0.5, 0.6) is 0 Å². The summed E-state index contributed by atoms with van der Waals surface area (Å²) in [7, 11) is 1.77. The van der Waals surface area contributed by atoms with Crippen molar-refractivity contribution in [2.45, 2.75) is 58.9 Å². The van der Waals surface area contributed by atoms with Crippen molar-refractivity contribution in [3.8, 4) is 0 Å². The van der Waals surface area contributed by atoms with Gasteiger partial charge in [-0.05, 0) is 38.1 Å². The average molecular weight is 215 g/mol. The topological polar surface area (TPSA) is 21.3 Å². The lowest BCUT2D eigenvalue weighted by Gasteiger charge is -2.20. The van der Waals surface area contributed by atoms with Crippen molar-refractivity contribution >= 4 is 0 Å². The second kappa shape index (κ2) is 10.4. The highest BCUT2D eigenvalue weighted by atomic mass is 16.5. The molecule has 0 spiro atoms. The van der Waals surface area contributed by atoms with Gasteiger partial charge in [0.2, 0.25) is 0 Å². The van der Waals surface area contributed by atoms with Crippen LogP contribution in [-0.2, 0) is 4.74 Å². The van der Waals surface area contributed by atoms with Gasteiger partial charge in [0.05, 0.1) is 0 Å². The molecule has 0 aromatic carbocycles. The molecule has 0 radical (unpaired) electrons. The molecule has 0 bridgehead atoms. The van der Waals surface area contributed by atoms with Crippen LogP contribution in [0.15, 0.2) is 0 Å². The van der Waals surface area contributed by atoms with Gasteiger partial charge >= 0.3 is 0 Å². The van der Waals surface area contributed by atoms with Gasteiger partial charge in [0.1, 0.15) is 0 Å². The molecule has 2 atom stereocenters. The van der Waals surface area contributed by atoms with E-state index in [1.165, 1.54) is 32.1 Å². The third-order valence-electron chi connectivity index (χ3n) is 3.08. The predicted molar refractivity (Wildman–Crippen MR) is 67.3 cm³/mol. The lowest BCUT2D eigenvalue weighted by atomic mass is 9.98. The number of rotatable bonds is 10. The summed E-state index contributed by atoms with van der Waals surface area (Å²) in [5.41, 5.74) is 0. The Balaban J connectivity index is 3.44. The number of hydrogen-bond donors (Lipinski definition) is 1. The minimum Gasteiger partial charge on any atom is -0.385 e. The minimum atomic E-state index is 0.711. The van der Waals surface area contributed by atoms with Gasteiger partial charge in [0, 0.05) is 19.8 Å². The van der Waals surface area contributed by atoms with Gasteiger partial charge in [-0.2, -0.15) is 0 Å². The molecule has 0 saturated carbocycles. The predicted octanol–water partition coefficient (Wildman–Crippen LogP) is 3.22. The first-order valence-corrected chi connectivity index (χ1v) is 6.46. The molecule has 0 heterocycles. The van der Waals surface area contributed by atoms with Gasteiger partial charge in [0.25, 0.3) is 0 Å². The van der Waals surface area contributed by atoms with Gasteiger partial charge in [-0.15, -0.1) is 0 Å². The number of hydrogen-bond acceptors (Lipinski definition) is 2. The molecule has 0 saturated heterocycles. The number of unbranched alkanes of at least 4 members (excludes halogenated alkanes) is 1. The Morgan fingerprint density at radius 2 is 1.87 bits per heavy atom. The maximum absolute atomic E-state index is 5.03. The Hall–Kier alpha value is -0.0800. The largest absolute Gasteiger partial charge is 0.385 e. The van der Waals surface area contributed by atoms with Crippen molar-refractivity contribution in [1.82, 2.24) is 5.32 Å². The summed E-state index contributed by atoms with van der Waals surface area (Å²) in [5.74, 6) is 0.849. The molecular formula is C13H29NO. The highest BCUT2D eigenvalue weighted by Gasteiger charge is 2.08. The molecule has 2 heteroatoms. The van der Waals surface area contributed by atoms with Gasteiger partial charge in [-0.3, -0.25) is 0 Å². The van der Waals surface area contributed by atoms with Crippen LogP contribution in [0.4, 0.5) is 0 Å². The zero-order valence-corrected chi connectivity index (χ0v) is 11.0. The van der Waals surface area contributed by atoms with E-state index >= 15 is 0 Å². The molecule has 0 rings (SSSR count). The van der Waals surface area contributed by atoms with Crippen LogP contribution in [0.1, 0.15) is 52.9 Å². The van der Waals surface area contributed by atoms with Crippen LogP contribution in [-0.4, -0.2) is 26.3 Å². The maximum atomic E-state index is 5.03. The van der Waals surface area contributed by atoms with Crippen molar-refractivity contribution in [3.05, 3.63) is 0 Å². The molecule has 0 aromatic heterocycles. The molecule has 0 aliphatic rings. The SMILES string of the molecule is CCC(C)CC(CC)NCCCCOC. The summed E-state index contributed by atoms with van der Waals surface area (Å²) >= 11 is 0. The molecule has 15 heavy (non-hydrogen) atoms. The van der Waals surface area contributed by atoms with Crippen molar-refractivity contribution in [3.63, 3.8) is 0 Å². The van der Waals surface area contributed by atoms with Crippen LogP contribution < -0.4 is 5.32 Å². The van der Waals surface area contributed by atoms with E-state index in [1.807, 2.05) is 0 Å². The van der Waals surface area contributed by atoms with Gasteiger partial charge in [-0.1, -0.05) is 27.2 Å². The van der Waals surface area contributed by atoms with E-state index in [-0.39, 0.29) is 0 Å². The van der Waals surface area contributed by atoms with Gasteiger partial charge < -0.3 is 10.1 Å². The first-order valence-electron chi connectivity index (χ1n) is 6.46. The van der Waals surface area contributed by atoms with Crippen molar-refractivity contribution in [1.29, 1.82) is 0 Å². The van der Waals surface area contributed by atoms with Crippen LogP contribution in [0.2, 0.25) is 0 Å². The first-order chi connectivity index (χ1) is 7.24. The molecule has 2 nitrogen and oxygen atoms in total. The van der Waals surface area contributed by atoms with Crippen molar-refractivity contribution < 1.29 is 4.74 Å². The molecule has 0 aliphatic heterocycles. The maximum Gasteiger partial charge on any atom is 0.0462 e. The average Bonchev–Trinajstić information content (AvgIpc) is 2.26. The Morgan fingerprint density at radius 1 is 1.13 bits per heavy atom. The standard InChI is InChI=1S/C13H29NO/c1-5-12(3)11-13(6-2)14-9-7-8-10-15-4/h12-14H,5-11H2,1-4H3. The van der Waals surface area contributed by atoms with E-state index in [1.54, 1.807) is 7.11 Å².